The number of carbonyl (C=O) groups is 17. The number of benzene rings is 3. The molecule has 9 rings (SSSR count). The first kappa shape index (κ1) is 99.8. The number of nitrogens with one attached hydrogen (secondary N) is 13. The lowest BCUT2D eigenvalue weighted by molar-refractivity contribution is -0.149. The van der Waals surface area contributed by atoms with E-state index in [4.69, 9.17) is 11.5 Å². The van der Waals surface area contributed by atoms with Crippen LogP contribution in [0.15, 0.2) is 97.7 Å². The third-order valence-electron chi connectivity index (χ3n) is 23.4. The molecule has 3 aliphatic rings. The zero-order valence-corrected chi connectivity index (χ0v) is 74.9. The van der Waals surface area contributed by atoms with Gasteiger partial charge < -0.3 is 114 Å². The average Bonchev–Trinajstić information content (AvgIpc) is 1.76. The number of nitrogens with zero attached hydrogens (tertiary/aromatic N) is 6. The molecule has 1 unspecified atom stereocenters. The van der Waals surface area contributed by atoms with Gasteiger partial charge in [-0.25, -0.2) is 4.98 Å². The molecule has 6 heterocycles. The molecule has 41 heteroatoms. The predicted octanol–water partition coefficient (Wildman–Crippen LogP) is -1.14. The van der Waals surface area contributed by atoms with Gasteiger partial charge in [-0.1, -0.05) is 102 Å². The maximum Gasteiger partial charge on any atom is 0.246 e. The number of nitrogens with two attached hydrogens (primary N) is 2. The molecule has 0 radical (unpaired) electrons. The van der Waals surface area contributed by atoms with Gasteiger partial charge in [-0.3, -0.25) is 81.5 Å². The van der Waals surface area contributed by atoms with Crippen LogP contribution in [-0.4, -0.2) is 299 Å². The van der Waals surface area contributed by atoms with Crippen LogP contribution in [0, 0.1) is 5.92 Å². The van der Waals surface area contributed by atoms with E-state index in [2.05, 4.69) is 73.1 Å². The number of H-pyrrole nitrogens is 3. The van der Waals surface area contributed by atoms with Gasteiger partial charge in [0, 0.05) is 106 Å². The number of likely N-dealkylation sites (N-methyl/N-ethyl adjacent to an activating group) is 3. The Morgan fingerprint density at radius 1 is 0.527 bits per heavy atom. The van der Waals surface area contributed by atoms with Gasteiger partial charge in [0.1, 0.15) is 90.3 Å². The summed E-state index contributed by atoms with van der Waals surface area (Å²) in [7, 11) is 3.97. The second-order valence-corrected chi connectivity index (χ2v) is 34.5. The average molecular weight is 1810 g/mol. The minimum atomic E-state index is -1.83. The lowest BCUT2D eigenvalue weighted by Gasteiger charge is -2.36. The van der Waals surface area contributed by atoms with Crippen LogP contribution in [0.4, 0.5) is 0 Å². The number of rotatable bonds is 22. The van der Waals surface area contributed by atoms with Crippen molar-refractivity contribution in [3.8, 4) is 5.75 Å². The molecule has 0 aliphatic carbocycles. The van der Waals surface area contributed by atoms with Crippen LogP contribution in [0.25, 0.3) is 21.8 Å². The number of imidazole rings is 1. The van der Waals surface area contributed by atoms with Gasteiger partial charge in [0.2, 0.25) is 100 Å². The molecular weight excluding hydrogens is 1690 g/mol. The zero-order valence-electron chi connectivity index (χ0n) is 74.0. The summed E-state index contributed by atoms with van der Waals surface area (Å²) in [6.45, 7) is 8.07. The van der Waals surface area contributed by atoms with E-state index in [1.54, 1.807) is 74.8 Å². The number of fused-ring (bicyclic) bond motifs is 4. The first-order valence-electron chi connectivity index (χ1n) is 43.5. The highest BCUT2D eigenvalue weighted by molar-refractivity contribution is 8.00. The Labute approximate surface area is 750 Å². The van der Waals surface area contributed by atoms with Crippen molar-refractivity contribution in [2.75, 3.05) is 58.9 Å². The number of phenols is 1. The number of aliphatic hydroxyl groups is 1. The number of amides is 17. The number of para-hydroxylation sites is 2. The Morgan fingerprint density at radius 2 is 1.03 bits per heavy atom. The number of hydrogen-bond acceptors (Lipinski definition) is 21. The summed E-state index contributed by atoms with van der Waals surface area (Å²) in [6.07, 6.45) is 6.76. The number of thioether (sulfide) groups is 1. The second-order valence-electron chi connectivity index (χ2n) is 33.4. The Kier molecular flexibility index (Phi) is 36.5. The smallest absolute Gasteiger partial charge is 0.246 e. The molecule has 129 heavy (non-hydrogen) atoms. The van der Waals surface area contributed by atoms with Crippen molar-refractivity contribution in [3.63, 3.8) is 0 Å². The topological polar surface area (TPSA) is 579 Å². The normalized spacial score (nSPS) is 24.8. The van der Waals surface area contributed by atoms with Crippen molar-refractivity contribution in [3.05, 3.63) is 120 Å². The first-order valence-corrected chi connectivity index (χ1v) is 44.7. The summed E-state index contributed by atoms with van der Waals surface area (Å²) >= 11 is 0.789. The van der Waals surface area contributed by atoms with Crippen LogP contribution >= 0.6 is 11.8 Å². The molecular formula is C88H121N21O19S. The fraction of sp³-hybridized carbons (Fsp3) is 0.523. The predicted molar refractivity (Wildman–Crippen MR) is 475 cm³/mol. The third kappa shape index (κ3) is 27.1. The van der Waals surface area contributed by atoms with Crippen LogP contribution < -0.4 is 64.6 Å². The van der Waals surface area contributed by atoms with Crippen molar-refractivity contribution in [2.24, 2.45) is 17.4 Å². The Morgan fingerprint density at radius 3 is 1.58 bits per heavy atom. The van der Waals surface area contributed by atoms with E-state index >= 15 is 33.6 Å². The Balaban J connectivity index is 1.07. The molecule has 3 aromatic heterocycles. The van der Waals surface area contributed by atoms with Crippen molar-refractivity contribution >= 4 is 134 Å². The van der Waals surface area contributed by atoms with Gasteiger partial charge in [0.05, 0.1) is 37.3 Å². The van der Waals surface area contributed by atoms with E-state index in [-0.39, 0.29) is 101 Å². The number of hydrogen-bond donors (Lipinski definition) is 17. The van der Waals surface area contributed by atoms with Crippen LogP contribution in [0.3, 0.4) is 0 Å². The van der Waals surface area contributed by atoms with Crippen molar-refractivity contribution in [2.45, 2.75) is 229 Å². The molecule has 3 fully saturated rings. The summed E-state index contributed by atoms with van der Waals surface area (Å²) in [5.41, 5.74) is 14.2. The molecule has 40 nitrogen and oxygen atoms in total. The third-order valence-corrected chi connectivity index (χ3v) is 24.5. The highest BCUT2D eigenvalue weighted by atomic mass is 32.2. The first-order chi connectivity index (χ1) is 61.5. The second kappa shape index (κ2) is 47.2. The fourth-order valence-corrected chi connectivity index (χ4v) is 17.0. The van der Waals surface area contributed by atoms with Gasteiger partial charge in [0.25, 0.3) is 0 Å². The number of unbranched alkanes of at least 4 members (excludes halogenated alkanes) is 2. The molecule has 17 amide bonds. The summed E-state index contributed by atoms with van der Waals surface area (Å²) in [5.74, 6) is -16.5. The number of primary amides is 2. The van der Waals surface area contributed by atoms with Crippen LogP contribution in [0.1, 0.15) is 141 Å². The number of carbonyl (C=O) groups excluding carboxylic acids is 17. The lowest BCUT2D eigenvalue weighted by atomic mass is 10.00. The minimum absolute atomic E-state index is 0.0000609. The van der Waals surface area contributed by atoms with E-state index < -0.39 is 216 Å². The monoisotopic (exact) mass is 1810 g/mol. The van der Waals surface area contributed by atoms with Crippen LogP contribution in [0.2, 0.25) is 0 Å². The molecule has 0 saturated carbocycles. The maximum absolute atomic E-state index is 15.6. The largest absolute Gasteiger partial charge is 0.508 e. The Hall–Kier alpha value is -13.0. The van der Waals surface area contributed by atoms with E-state index in [0.717, 1.165) is 26.5 Å². The Bertz CT molecular complexity index is 5000. The molecule has 3 aromatic carbocycles. The van der Waals surface area contributed by atoms with Gasteiger partial charge >= 0.3 is 0 Å². The quantitative estimate of drug-likeness (QED) is 0.0382. The van der Waals surface area contributed by atoms with Crippen LogP contribution in [-0.2, 0) is 107 Å². The summed E-state index contributed by atoms with van der Waals surface area (Å²) < 4.78 is 0. The van der Waals surface area contributed by atoms with Gasteiger partial charge in [0.15, 0.2) is 0 Å². The molecule has 19 N–H and O–H groups in total. The van der Waals surface area contributed by atoms with E-state index in [1.807, 2.05) is 13.8 Å². The highest BCUT2D eigenvalue weighted by Gasteiger charge is 2.45. The van der Waals surface area contributed by atoms with E-state index in [9.17, 15) is 58.2 Å². The number of phenolic OH excluding ortho intramolecular Hbond substituents is 1. The summed E-state index contributed by atoms with van der Waals surface area (Å²) in [6, 6.07) is -0.860. The number of aromatic amines is 3. The van der Waals surface area contributed by atoms with Crippen molar-refractivity contribution in [1.82, 2.24) is 97.6 Å². The number of aromatic hydroxyl groups is 1. The lowest BCUT2D eigenvalue weighted by Crippen LogP contribution is -2.61. The summed E-state index contributed by atoms with van der Waals surface area (Å²) in [4.78, 5) is 267. The van der Waals surface area contributed by atoms with E-state index in [0.29, 0.717) is 64.2 Å². The van der Waals surface area contributed by atoms with Crippen LogP contribution in [0.5, 0.6) is 5.75 Å². The van der Waals surface area contributed by atoms with Crippen molar-refractivity contribution < 1.29 is 91.7 Å². The molecule has 698 valence electrons. The van der Waals surface area contributed by atoms with Gasteiger partial charge in [-0.2, -0.15) is 0 Å². The number of aliphatic hydroxyl groups excluding tert-OH is 1. The van der Waals surface area contributed by atoms with Crippen molar-refractivity contribution in [1.29, 1.82) is 0 Å². The standard InChI is InChI=1S/C88H121N21O19S/c1-10-12-24-68-81(121)96-49(5)75(115)104-67(77(117)94-43-73(90)113)45-129-46-74(114)97-63(35-51-28-30-55(111)31-29-51)84(124)105(7)50(6)76(116)100-65(39-72(89)112)87(127)109-33-19-27-70(109)83(123)99-61(38-54-42-91-47-95-54)79(119)101-62(34-48(3)4)86(126)108-32-18-26-69(108)82(122)98-60(36-52-40-92-58-22-16-14-20-56(52)58)78(118)103-66(44-110)80(120)102-64(37-53-41-93-59-23-17-15-21-57(53)59)85(125)107(9)71(25-13-11-2)88(128)106(68)8/h14-17,20-23,28-31,40-42,47-50,60-71,92-93,110-111H,10-13,18-19,24-27,32-39,43-46H2,1-9H3,(H2,89,112)(H2,90,113)(H,91,95)(H,94,117)(H,96,121)(H,97,114)(H,98,122)(H,99,123)(H,100,116)(H,101,119)(H,102,120)(H,103,118)(H,104,115)/t49-,50-,60-,61-,62-,63-,64-,65-,66-,67-,68-,69?,70-,71-/m0/s1. The fourth-order valence-electron chi connectivity index (χ4n) is 16.1. The molecule has 0 spiro atoms. The van der Waals surface area contributed by atoms with E-state index in [1.165, 1.54) is 81.6 Å². The SMILES string of the molecule is CCCC[C@H]1C(=O)N(C)[C@@H](CCCC)C(=O)N[C@@H](C)C(=O)N[C@H](C(=O)NCC(N)=O)CSCC(=O)N[C@@H](Cc2ccc(O)cc2)C(=O)N(C)[C@@H](C)C(=O)N[C@@H](CC(N)=O)C(=O)N2CCC[C@H]2C(=O)N[C@@H](Cc2c[nH]cn2)C(=O)N[C@@H](CC(C)C)C(=O)N2CCCC2C(=O)N[C@@H](Cc2c[nH]c3ccccc23)C(=O)N[C@@H](CO)C(=O)N[C@@H](Cc2c[nH]c3ccccc23)C(=O)N1C. The van der Waals surface area contributed by atoms with Gasteiger partial charge in [-0.15, -0.1) is 11.8 Å². The zero-order chi connectivity index (χ0) is 94.0. The molecule has 3 saturated heterocycles. The summed E-state index contributed by atoms with van der Waals surface area (Å²) in [5, 5.41) is 49.2. The molecule has 3 aliphatic heterocycles. The van der Waals surface area contributed by atoms with Gasteiger partial charge in [-0.05, 0) is 106 Å². The highest BCUT2D eigenvalue weighted by Crippen LogP contribution is 2.28. The minimum Gasteiger partial charge on any atom is -0.508 e. The molecule has 6 aromatic rings. The molecule has 0 bridgehead atoms. The molecule has 14 atom stereocenters. The number of aromatic nitrogens is 4. The maximum atomic E-state index is 15.6.